The van der Waals surface area contributed by atoms with Gasteiger partial charge >= 0.3 is 5.97 Å². The van der Waals surface area contributed by atoms with Crippen molar-refractivity contribution in [3.63, 3.8) is 0 Å². The molecule has 0 radical (unpaired) electrons. The summed E-state index contributed by atoms with van der Waals surface area (Å²) in [6, 6.07) is 4.03. The molecule has 84 valence electrons. The maximum atomic E-state index is 11.1. The maximum Gasteiger partial charge on any atom is 0.353 e. The molecule has 0 spiro atoms. The van der Waals surface area contributed by atoms with Gasteiger partial charge in [-0.25, -0.2) is 4.79 Å². The molecule has 0 amide bonds. The first-order chi connectivity index (χ1) is 7.56. The maximum absolute atomic E-state index is 11.1. The van der Waals surface area contributed by atoms with Gasteiger partial charge in [0, 0.05) is 10.3 Å². The van der Waals surface area contributed by atoms with Crippen molar-refractivity contribution in [2.45, 2.75) is 18.7 Å². The van der Waals surface area contributed by atoms with Crippen LogP contribution < -0.4 is 0 Å². The second-order valence-electron chi connectivity index (χ2n) is 3.79. The third-order valence-corrected chi connectivity index (χ3v) is 3.56. The van der Waals surface area contributed by atoms with Crippen LogP contribution in [-0.2, 0) is 0 Å². The van der Waals surface area contributed by atoms with E-state index in [2.05, 4.69) is 4.98 Å². The molecular weight excluding hydrogens is 222 g/mol. The number of aromatic nitrogens is 1. The number of fused-ring (bicyclic) bond motifs is 1. The van der Waals surface area contributed by atoms with E-state index in [1.165, 1.54) is 11.8 Å². The fraction of sp³-hybridized carbons (Fsp3) is 0.250. The van der Waals surface area contributed by atoms with Gasteiger partial charge in [0.05, 0.1) is 5.52 Å². The topological polar surface area (TPSA) is 53.1 Å². The van der Waals surface area contributed by atoms with Crippen LogP contribution in [0.3, 0.4) is 0 Å². The average molecular weight is 235 g/mol. The van der Waals surface area contributed by atoms with Crippen LogP contribution in [0.15, 0.2) is 17.0 Å². The van der Waals surface area contributed by atoms with Gasteiger partial charge in [-0.05, 0) is 31.2 Å². The Hall–Kier alpha value is -1.42. The zero-order chi connectivity index (χ0) is 11.9. The second-order valence-corrected chi connectivity index (χ2v) is 4.60. The Morgan fingerprint density at radius 2 is 1.94 bits per heavy atom. The van der Waals surface area contributed by atoms with Crippen molar-refractivity contribution in [3.8, 4) is 0 Å². The number of carbonyl (C=O) groups is 1. The summed E-state index contributed by atoms with van der Waals surface area (Å²) in [5.41, 5.74) is 3.40. The van der Waals surface area contributed by atoms with E-state index in [0.717, 1.165) is 26.9 Å². The van der Waals surface area contributed by atoms with Crippen molar-refractivity contribution in [2.24, 2.45) is 0 Å². The second kappa shape index (κ2) is 3.87. The first kappa shape index (κ1) is 11.1. The van der Waals surface area contributed by atoms with Gasteiger partial charge in [0.25, 0.3) is 0 Å². The highest BCUT2D eigenvalue weighted by Crippen LogP contribution is 2.34. The third-order valence-electron chi connectivity index (χ3n) is 2.74. The van der Waals surface area contributed by atoms with Crippen LogP contribution in [0.2, 0.25) is 0 Å². The molecule has 0 aliphatic rings. The largest absolute Gasteiger partial charge is 0.477 e. The van der Waals surface area contributed by atoms with Crippen LogP contribution in [-0.4, -0.2) is 22.3 Å². The molecule has 2 rings (SSSR count). The lowest BCUT2D eigenvalue weighted by Crippen LogP contribution is -1.97. The molecular formula is C12H13NO2S. The summed E-state index contributed by atoms with van der Waals surface area (Å²) >= 11 is 1.47. The molecule has 0 saturated carbocycles. The summed E-state index contributed by atoms with van der Waals surface area (Å²) in [7, 11) is 0. The van der Waals surface area contributed by atoms with Gasteiger partial charge in [0.2, 0.25) is 0 Å². The zero-order valence-corrected chi connectivity index (χ0v) is 10.2. The van der Waals surface area contributed by atoms with E-state index >= 15 is 0 Å². The van der Waals surface area contributed by atoms with Gasteiger partial charge in [-0.3, -0.25) is 0 Å². The smallest absolute Gasteiger partial charge is 0.353 e. The minimum absolute atomic E-state index is 0.292. The predicted octanol–water partition coefficient (Wildman–Crippen LogP) is 3.20. The van der Waals surface area contributed by atoms with Crippen molar-refractivity contribution in [1.29, 1.82) is 0 Å². The number of thioether (sulfide) groups is 1. The zero-order valence-electron chi connectivity index (χ0n) is 9.42. The van der Waals surface area contributed by atoms with Crippen molar-refractivity contribution in [2.75, 3.05) is 6.26 Å². The summed E-state index contributed by atoms with van der Waals surface area (Å²) in [5.74, 6) is -0.903. The lowest BCUT2D eigenvalue weighted by molar-refractivity contribution is 0.0688. The Bertz CT molecular complexity index is 572. The Morgan fingerprint density at radius 3 is 2.50 bits per heavy atom. The number of aryl methyl sites for hydroxylation is 2. The Kier molecular flexibility index (Phi) is 2.68. The molecule has 0 fully saturated rings. The molecule has 0 aliphatic carbocycles. The molecule has 2 aromatic rings. The molecule has 1 heterocycles. The summed E-state index contributed by atoms with van der Waals surface area (Å²) in [5, 5.41) is 10.2. The highest BCUT2D eigenvalue weighted by molar-refractivity contribution is 7.99. The number of hydrogen-bond acceptors (Lipinski definition) is 2. The number of hydrogen-bond donors (Lipinski definition) is 2. The summed E-state index contributed by atoms with van der Waals surface area (Å²) in [6.07, 6.45) is 1.90. The predicted molar refractivity (Wildman–Crippen MR) is 66.5 cm³/mol. The Labute approximate surface area is 97.9 Å². The highest BCUT2D eigenvalue weighted by Gasteiger charge is 2.18. The Morgan fingerprint density at radius 1 is 1.31 bits per heavy atom. The van der Waals surface area contributed by atoms with E-state index in [-0.39, 0.29) is 0 Å². The van der Waals surface area contributed by atoms with Gasteiger partial charge in [-0.15, -0.1) is 11.8 Å². The lowest BCUT2D eigenvalue weighted by atomic mass is 10.1. The number of aromatic amines is 1. The fourth-order valence-electron chi connectivity index (χ4n) is 1.93. The molecule has 1 aromatic carbocycles. The van der Waals surface area contributed by atoms with Gasteiger partial charge in [0.1, 0.15) is 5.69 Å². The van der Waals surface area contributed by atoms with Gasteiger partial charge < -0.3 is 10.1 Å². The quantitative estimate of drug-likeness (QED) is 0.786. The Balaban J connectivity index is 2.92. The van der Waals surface area contributed by atoms with E-state index in [1.54, 1.807) is 0 Å². The van der Waals surface area contributed by atoms with Crippen molar-refractivity contribution < 1.29 is 9.90 Å². The van der Waals surface area contributed by atoms with Crippen LogP contribution >= 0.6 is 11.8 Å². The minimum atomic E-state index is -0.903. The van der Waals surface area contributed by atoms with Crippen molar-refractivity contribution >= 4 is 28.6 Å². The van der Waals surface area contributed by atoms with Crippen LogP contribution in [0, 0.1) is 13.8 Å². The number of nitrogens with one attached hydrogen (secondary N) is 1. The standard InChI is InChI=1S/C12H13NO2S/c1-6-4-5-7(2)9-8(6)11(16-3)10(13-9)12(14)15/h4-5,13H,1-3H3,(H,14,15). The van der Waals surface area contributed by atoms with Crippen molar-refractivity contribution in [1.82, 2.24) is 4.98 Å². The van der Waals surface area contributed by atoms with Gasteiger partial charge in [0.15, 0.2) is 0 Å². The van der Waals surface area contributed by atoms with E-state index in [1.807, 2.05) is 32.2 Å². The first-order valence-electron chi connectivity index (χ1n) is 4.95. The normalized spacial score (nSPS) is 10.9. The number of rotatable bonds is 2. The fourth-order valence-corrected chi connectivity index (χ4v) is 2.74. The average Bonchev–Trinajstić information content (AvgIpc) is 2.64. The first-order valence-corrected chi connectivity index (χ1v) is 6.18. The molecule has 3 nitrogen and oxygen atoms in total. The van der Waals surface area contributed by atoms with E-state index < -0.39 is 5.97 Å². The third kappa shape index (κ3) is 1.50. The monoisotopic (exact) mass is 235 g/mol. The SMILES string of the molecule is CSc1c(C(=O)O)[nH]c2c(C)ccc(C)c12. The lowest BCUT2D eigenvalue weighted by Gasteiger charge is -2.01. The summed E-state index contributed by atoms with van der Waals surface area (Å²) in [6.45, 7) is 3.98. The molecule has 0 bridgehead atoms. The molecule has 0 saturated heterocycles. The summed E-state index contributed by atoms with van der Waals surface area (Å²) in [4.78, 5) is 15.0. The van der Waals surface area contributed by atoms with Crippen LogP contribution in [0.5, 0.6) is 0 Å². The summed E-state index contributed by atoms with van der Waals surface area (Å²) < 4.78 is 0. The van der Waals surface area contributed by atoms with Crippen molar-refractivity contribution in [3.05, 3.63) is 29.0 Å². The number of benzene rings is 1. The van der Waals surface area contributed by atoms with Crippen LogP contribution in [0.4, 0.5) is 0 Å². The number of carboxylic acids is 1. The number of aromatic carboxylic acids is 1. The van der Waals surface area contributed by atoms with Crippen LogP contribution in [0.1, 0.15) is 21.6 Å². The minimum Gasteiger partial charge on any atom is -0.477 e. The molecule has 0 atom stereocenters. The molecule has 4 heteroatoms. The van der Waals surface area contributed by atoms with Gasteiger partial charge in [-0.2, -0.15) is 0 Å². The van der Waals surface area contributed by atoms with E-state index in [0.29, 0.717) is 5.69 Å². The molecule has 1 aromatic heterocycles. The molecule has 0 aliphatic heterocycles. The van der Waals surface area contributed by atoms with E-state index in [9.17, 15) is 4.79 Å². The van der Waals surface area contributed by atoms with E-state index in [4.69, 9.17) is 5.11 Å². The molecule has 2 N–H and O–H groups in total. The molecule has 16 heavy (non-hydrogen) atoms. The number of carboxylic acid groups (broad SMARTS) is 1. The molecule has 0 unspecified atom stereocenters. The number of H-pyrrole nitrogens is 1. The highest BCUT2D eigenvalue weighted by atomic mass is 32.2. The van der Waals surface area contributed by atoms with Gasteiger partial charge in [-0.1, -0.05) is 12.1 Å². The van der Waals surface area contributed by atoms with Crippen LogP contribution in [0.25, 0.3) is 10.9 Å².